The van der Waals surface area contributed by atoms with Crippen molar-refractivity contribution in [3.63, 3.8) is 0 Å². The maximum absolute atomic E-state index is 10.7. The van der Waals surface area contributed by atoms with E-state index in [2.05, 4.69) is 4.98 Å². The number of nitro groups is 1. The van der Waals surface area contributed by atoms with Gasteiger partial charge in [-0.25, -0.2) is 0 Å². The molecule has 19 heavy (non-hydrogen) atoms. The third-order valence-corrected chi connectivity index (χ3v) is 2.24. The Morgan fingerprint density at radius 1 is 1.37 bits per heavy atom. The molecule has 0 saturated carbocycles. The maximum Gasteiger partial charge on any atom is 0.406 e. The summed E-state index contributed by atoms with van der Waals surface area (Å²) >= 11 is 0. The molecular formula is C12H18N2O5. The van der Waals surface area contributed by atoms with Crippen molar-refractivity contribution in [1.82, 2.24) is 4.98 Å². The molecule has 106 valence electrons. The van der Waals surface area contributed by atoms with Gasteiger partial charge in [-0.05, 0) is 35.9 Å². The van der Waals surface area contributed by atoms with E-state index >= 15 is 0 Å². The van der Waals surface area contributed by atoms with Crippen molar-refractivity contribution < 1.29 is 19.1 Å². The van der Waals surface area contributed by atoms with E-state index in [9.17, 15) is 10.1 Å². The molecule has 0 spiro atoms. The minimum atomic E-state index is -0.572. The molecular weight excluding hydrogens is 252 g/mol. The molecule has 0 fully saturated rings. The smallest absolute Gasteiger partial charge is 0.406 e. The van der Waals surface area contributed by atoms with Crippen LogP contribution in [0.3, 0.4) is 0 Å². The molecule has 1 heterocycles. The zero-order valence-corrected chi connectivity index (χ0v) is 11.1. The molecule has 0 amide bonds. The quantitative estimate of drug-likeness (QED) is 0.388. The molecule has 7 heteroatoms. The van der Waals surface area contributed by atoms with Gasteiger partial charge in [0.25, 0.3) is 0 Å². The summed E-state index contributed by atoms with van der Waals surface area (Å²) in [6.07, 6.45) is 1.49. The molecule has 1 aromatic heterocycles. The summed E-state index contributed by atoms with van der Waals surface area (Å²) in [4.78, 5) is 13.8. The highest BCUT2D eigenvalue weighted by Gasteiger charge is 2.16. The lowest BCUT2D eigenvalue weighted by atomic mass is 10.4. The van der Waals surface area contributed by atoms with Gasteiger partial charge in [0.1, 0.15) is 6.20 Å². The van der Waals surface area contributed by atoms with Gasteiger partial charge >= 0.3 is 5.82 Å². The second-order valence-corrected chi connectivity index (χ2v) is 3.56. The Morgan fingerprint density at radius 3 is 2.63 bits per heavy atom. The standard InChI is InChI=1S/C12H18N2O5/c1-3-17-11(18-4-2)7-9-19-10-6-5-8-13-12(10)14(15)16/h5-6,8,11H,3-4,7,9H2,1-2H3. The highest BCUT2D eigenvalue weighted by atomic mass is 16.7. The van der Waals surface area contributed by atoms with Crippen molar-refractivity contribution >= 4 is 5.82 Å². The van der Waals surface area contributed by atoms with Crippen LogP contribution in [0.2, 0.25) is 0 Å². The van der Waals surface area contributed by atoms with Gasteiger partial charge < -0.3 is 24.3 Å². The van der Waals surface area contributed by atoms with E-state index in [1.54, 1.807) is 6.07 Å². The van der Waals surface area contributed by atoms with E-state index in [4.69, 9.17) is 14.2 Å². The first-order valence-corrected chi connectivity index (χ1v) is 6.14. The van der Waals surface area contributed by atoms with Gasteiger partial charge in [0, 0.05) is 19.6 Å². The van der Waals surface area contributed by atoms with Crippen LogP contribution in [0.25, 0.3) is 0 Å². The molecule has 0 bridgehead atoms. The van der Waals surface area contributed by atoms with Crippen molar-refractivity contribution in [3.05, 3.63) is 28.4 Å². The third kappa shape index (κ3) is 5.19. The Labute approximate surface area is 111 Å². The van der Waals surface area contributed by atoms with Gasteiger partial charge in [-0.1, -0.05) is 0 Å². The molecule has 0 saturated heterocycles. The number of hydrogen-bond donors (Lipinski definition) is 0. The minimum absolute atomic E-state index is 0.152. The summed E-state index contributed by atoms with van der Waals surface area (Å²) in [6.45, 7) is 5.09. The van der Waals surface area contributed by atoms with Crippen LogP contribution in [0.15, 0.2) is 18.3 Å². The molecule has 0 radical (unpaired) electrons. The van der Waals surface area contributed by atoms with Gasteiger partial charge in [-0.2, -0.15) is 0 Å². The van der Waals surface area contributed by atoms with Gasteiger partial charge in [0.05, 0.1) is 6.61 Å². The molecule has 0 N–H and O–H groups in total. The largest absolute Gasteiger partial charge is 0.485 e. The Hall–Kier alpha value is -1.73. The Balaban J connectivity index is 2.50. The van der Waals surface area contributed by atoms with Crippen LogP contribution in [0.5, 0.6) is 5.75 Å². The Kier molecular flexibility index (Phi) is 6.76. The van der Waals surface area contributed by atoms with Crippen molar-refractivity contribution in [2.75, 3.05) is 19.8 Å². The van der Waals surface area contributed by atoms with E-state index in [-0.39, 0.29) is 24.5 Å². The summed E-state index contributed by atoms with van der Waals surface area (Å²) in [5, 5.41) is 10.7. The van der Waals surface area contributed by atoms with E-state index < -0.39 is 4.92 Å². The van der Waals surface area contributed by atoms with Crippen LogP contribution < -0.4 is 4.74 Å². The molecule has 0 aromatic carbocycles. The number of ether oxygens (including phenoxy) is 3. The monoisotopic (exact) mass is 270 g/mol. The van der Waals surface area contributed by atoms with Gasteiger partial charge in [0.15, 0.2) is 6.29 Å². The lowest BCUT2D eigenvalue weighted by molar-refractivity contribution is -0.390. The number of rotatable bonds is 9. The lowest BCUT2D eigenvalue weighted by Gasteiger charge is -2.16. The number of pyridine rings is 1. The number of nitrogens with zero attached hydrogens (tertiary/aromatic N) is 2. The van der Waals surface area contributed by atoms with Crippen LogP contribution >= 0.6 is 0 Å². The SMILES string of the molecule is CCOC(CCOc1cccnc1[N+](=O)[O-])OCC. The highest BCUT2D eigenvalue weighted by molar-refractivity contribution is 5.38. The normalized spacial score (nSPS) is 10.7. The van der Waals surface area contributed by atoms with Crippen LogP contribution in [-0.4, -0.2) is 36.0 Å². The Bertz CT molecular complexity index is 393. The first kappa shape index (κ1) is 15.3. The maximum atomic E-state index is 10.7. The first-order chi connectivity index (χ1) is 9.19. The topological polar surface area (TPSA) is 83.7 Å². The predicted molar refractivity (Wildman–Crippen MR) is 68.0 cm³/mol. The summed E-state index contributed by atoms with van der Waals surface area (Å²) in [6, 6.07) is 3.10. The second-order valence-electron chi connectivity index (χ2n) is 3.56. The van der Waals surface area contributed by atoms with E-state index in [0.29, 0.717) is 19.6 Å². The molecule has 1 rings (SSSR count). The van der Waals surface area contributed by atoms with Crippen LogP contribution in [0.4, 0.5) is 5.82 Å². The van der Waals surface area contributed by atoms with Crippen molar-refractivity contribution in [2.24, 2.45) is 0 Å². The van der Waals surface area contributed by atoms with Crippen LogP contribution in [0, 0.1) is 10.1 Å². The van der Waals surface area contributed by atoms with E-state index in [1.807, 2.05) is 13.8 Å². The fourth-order valence-electron chi connectivity index (χ4n) is 1.48. The number of aromatic nitrogens is 1. The van der Waals surface area contributed by atoms with Gasteiger partial charge in [0.2, 0.25) is 5.75 Å². The van der Waals surface area contributed by atoms with Crippen molar-refractivity contribution in [3.8, 4) is 5.75 Å². The second kappa shape index (κ2) is 8.39. The minimum Gasteiger partial charge on any atom is -0.485 e. The zero-order valence-electron chi connectivity index (χ0n) is 11.1. The summed E-state index contributed by atoms with van der Waals surface area (Å²) in [7, 11) is 0. The molecule has 0 aliphatic rings. The number of hydrogen-bond acceptors (Lipinski definition) is 6. The molecule has 0 unspecified atom stereocenters. The molecule has 0 aliphatic carbocycles. The molecule has 1 aromatic rings. The van der Waals surface area contributed by atoms with E-state index in [1.165, 1.54) is 12.3 Å². The fraction of sp³-hybridized carbons (Fsp3) is 0.583. The molecule has 0 atom stereocenters. The van der Waals surface area contributed by atoms with Crippen LogP contribution in [0.1, 0.15) is 20.3 Å². The summed E-state index contributed by atoms with van der Waals surface area (Å²) in [5.74, 6) is -0.133. The zero-order chi connectivity index (χ0) is 14.1. The molecule has 0 aliphatic heterocycles. The van der Waals surface area contributed by atoms with Gasteiger partial charge in [-0.3, -0.25) is 0 Å². The van der Waals surface area contributed by atoms with Gasteiger partial charge in [-0.15, -0.1) is 0 Å². The first-order valence-electron chi connectivity index (χ1n) is 6.14. The highest BCUT2D eigenvalue weighted by Crippen LogP contribution is 2.23. The lowest BCUT2D eigenvalue weighted by Crippen LogP contribution is -2.20. The fourth-order valence-corrected chi connectivity index (χ4v) is 1.48. The summed E-state index contributed by atoms with van der Waals surface area (Å²) < 4.78 is 16.1. The average Bonchev–Trinajstić information content (AvgIpc) is 2.39. The van der Waals surface area contributed by atoms with Crippen LogP contribution in [-0.2, 0) is 9.47 Å². The predicted octanol–water partition coefficient (Wildman–Crippen LogP) is 2.16. The van der Waals surface area contributed by atoms with Crippen molar-refractivity contribution in [2.45, 2.75) is 26.6 Å². The van der Waals surface area contributed by atoms with E-state index in [0.717, 1.165) is 0 Å². The van der Waals surface area contributed by atoms with Crippen molar-refractivity contribution in [1.29, 1.82) is 0 Å². The summed E-state index contributed by atoms with van der Waals surface area (Å²) in [5.41, 5.74) is 0. The third-order valence-electron chi connectivity index (χ3n) is 2.24. The molecule has 7 nitrogen and oxygen atoms in total. The Morgan fingerprint density at radius 2 is 2.05 bits per heavy atom. The average molecular weight is 270 g/mol.